The van der Waals surface area contributed by atoms with E-state index >= 15 is 0 Å². The van der Waals surface area contributed by atoms with E-state index in [4.69, 9.17) is 0 Å². The largest absolute Gasteiger partial charge is 0.312 e. The molecule has 3 atom stereocenters. The molecule has 1 N–H and O–H groups in total. The minimum Gasteiger partial charge on any atom is -0.312 e. The third kappa shape index (κ3) is 1.50. The Labute approximate surface area is 80.7 Å². The molecule has 1 heterocycles. The van der Waals surface area contributed by atoms with Crippen LogP contribution >= 0.6 is 0 Å². The standard InChI is InChI=1S/C11H20N2/c1-8-7-13(3-2-12-8)11-5-9-4-10(9)6-11/h8-12H,2-7H2,1H3. The van der Waals surface area contributed by atoms with E-state index in [0.29, 0.717) is 6.04 Å². The van der Waals surface area contributed by atoms with E-state index < -0.39 is 0 Å². The fourth-order valence-corrected chi connectivity index (χ4v) is 3.27. The zero-order valence-electron chi connectivity index (χ0n) is 8.50. The van der Waals surface area contributed by atoms with Crippen molar-refractivity contribution in [1.29, 1.82) is 0 Å². The summed E-state index contributed by atoms with van der Waals surface area (Å²) >= 11 is 0. The SMILES string of the molecule is CC1CN(C2CC3CC3C2)CCN1. The molecule has 74 valence electrons. The van der Waals surface area contributed by atoms with Crippen molar-refractivity contribution in [2.75, 3.05) is 19.6 Å². The van der Waals surface area contributed by atoms with E-state index in [1.54, 1.807) is 6.42 Å². The third-order valence-electron chi connectivity index (χ3n) is 4.14. The van der Waals surface area contributed by atoms with Crippen LogP contribution in [0.4, 0.5) is 0 Å². The summed E-state index contributed by atoms with van der Waals surface area (Å²) in [6.45, 7) is 6.08. The Bertz CT molecular complexity index is 194. The van der Waals surface area contributed by atoms with Crippen LogP contribution in [0.5, 0.6) is 0 Å². The van der Waals surface area contributed by atoms with Crippen molar-refractivity contribution >= 4 is 0 Å². The topological polar surface area (TPSA) is 15.3 Å². The van der Waals surface area contributed by atoms with Gasteiger partial charge in [-0.15, -0.1) is 0 Å². The zero-order valence-corrected chi connectivity index (χ0v) is 8.50. The minimum absolute atomic E-state index is 0.714. The number of nitrogens with one attached hydrogen (secondary N) is 1. The Balaban J connectivity index is 1.58. The van der Waals surface area contributed by atoms with Gasteiger partial charge < -0.3 is 5.32 Å². The molecule has 13 heavy (non-hydrogen) atoms. The molecule has 0 spiro atoms. The van der Waals surface area contributed by atoms with Gasteiger partial charge in [0, 0.05) is 31.7 Å². The van der Waals surface area contributed by atoms with Gasteiger partial charge in [-0.1, -0.05) is 0 Å². The molecule has 1 saturated heterocycles. The van der Waals surface area contributed by atoms with Gasteiger partial charge in [0.05, 0.1) is 0 Å². The first-order valence-electron chi connectivity index (χ1n) is 5.80. The molecule has 0 aromatic rings. The molecule has 3 aliphatic rings. The van der Waals surface area contributed by atoms with E-state index in [0.717, 1.165) is 17.9 Å². The number of fused-ring (bicyclic) bond motifs is 1. The van der Waals surface area contributed by atoms with Crippen LogP contribution in [0.15, 0.2) is 0 Å². The zero-order chi connectivity index (χ0) is 8.84. The Kier molecular flexibility index (Phi) is 1.88. The van der Waals surface area contributed by atoms with Crippen molar-refractivity contribution in [3.8, 4) is 0 Å². The number of nitrogens with zero attached hydrogens (tertiary/aromatic N) is 1. The lowest BCUT2D eigenvalue weighted by Crippen LogP contribution is -2.52. The Morgan fingerprint density at radius 2 is 1.92 bits per heavy atom. The highest BCUT2D eigenvalue weighted by Crippen LogP contribution is 2.53. The van der Waals surface area contributed by atoms with Gasteiger partial charge in [-0.25, -0.2) is 0 Å². The van der Waals surface area contributed by atoms with Gasteiger partial charge in [-0.3, -0.25) is 4.90 Å². The van der Waals surface area contributed by atoms with Gasteiger partial charge in [0.15, 0.2) is 0 Å². The fourth-order valence-electron chi connectivity index (χ4n) is 3.27. The predicted molar refractivity (Wildman–Crippen MR) is 53.7 cm³/mol. The first-order valence-corrected chi connectivity index (χ1v) is 5.80. The summed E-state index contributed by atoms with van der Waals surface area (Å²) in [6.07, 6.45) is 4.58. The molecule has 2 heteroatoms. The summed E-state index contributed by atoms with van der Waals surface area (Å²) in [5.41, 5.74) is 0. The molecule has 2 saturated carbocycles. The molecule has 0 aromatic carbocycles. The van der Waals surface area contributed by atoms with Gasteiger partial charge in [-0.05, 0) is 38.0 Å². The second-order valence-corrected chi connectivity index (χ2v) is 5.23. The summed E-state index contributed by atoms with van der Waals surface area (Å²) in [6, 6.07) is 1.67. The molecule has 0 amide bonds. The fraction of sp³-hybridized carbons (Fsp3) is 1.00. The van der Waals surface area contributed by atoms with Crippen molar-refractivity contribution in [3.63, 3.8) is 0 Å². The Hall–Kier alpha value is -0.0800. The second-order valence-electron chi connectivity index (χ2n) is 5.23. The van der Waals surface area contributed by atoms with Gasteiger partial charge in [0.1, 0.15) is 0 Å². The Morgan fingerprint density at radius 3 is 2.62 bits per heavy atom. The maximum Gasteiger partial charge on any atom is 0.0167 e. The van der Waals surface area contributed by atoms with Crippen LogP contribution in [-0.4, -0.2) is 36.6 Å². The van der Waals surface area contributed by atoms with Crippen LogP contribution in [-0.2, 0) is 0 Å². The smallest absolute Gasteiger partial charge is 0.0167 e. The van der Waals surface area contributed by atoms with Crippen molar-refractivity contribution in [2.45, 2.75) is 38.3 Å². The van der Waals surface area contributed by atoms with Gasteiger partial charge in [-0.2, -0.15) is 0 Å². The lowest BCUT2D eigenvalue weighted by molar-refractivity contribution is 0.142. The quantitative estimate of drug-likeness (QED) is 0.649. The summed E-state index contributed by atoms with van der Waals surface area (Å²) in [5, 5.41) is 3.52. The van der Waals surface area contributed by atoms with Crippen LogP contribution in [0.2, 0.25) is 0 Å². The highest BCUT2D eigenvalue weighted by Gasteiger charge is 2.47. The lowest BCUT2D eigenvalue weighted by atomic mass is 10.1. The van der Waals surface area contributed by atoms with Crippen LogP contribution < -0.4 is 5.32 Å². The van der Waals surface area contributed by atoms with Crippen LogP contribution in [0.1, 0.15) is 26.2 Å². The van der Waals surface area contributed by atoms with Crippen molar-refractivity contribution in [1.82, 2.24) is 10.2 Å². The number of hydrogen-bond donors (Lipinski definition) is 1. The van der Waals surface area contributed by atoms with E-state index in [2.05, 4.69) is 17.1 Å². The van der Waals surface area contributed by atoms with Gasteiger partial charge in [0.25, 0.3) is 0 Å². The van der Waals surface area contributed by atoms with E-state index in [1.165, 1.54) is 32.5 Å². The first-order chi connectivity index (χ1) is 6.33. The average molecular weight is 180 g/mol. The highest BCUT2D eigenvalue weighted by molar-refractivity contribution is 5.00. The van der Waals surface area contributed by atoms with Crippen LogP contribution in [0.3, 0.4) is 0 Å². The molecule has 0 bridgehead atoms. The summed E-state index contributed by atoms with van der Waals surface area (Å²) in [4.78, 5) is 2.73. The number of hydrogen-bond acceptors (Lipinski definition) is 2. The molecule has 2 aliphatic carbocycles. The van der Waals surface area contributed by atoms with Crippen LogP contribution in [0.25, 0.3) is 0 Å². The molecule has 3 fully saturated rings. The predicted octanol–water partition coefficient (Wildman–Crippen LogP) is 1.08. The molecule has 1 aliphatic heterocycles. The normalized spacial score (nSPS) is 50.5. The van der Waals surface area contributed by atoms with E-state index in [9.17, 15) is 0 Å². The molecular weight excluding hydrogens is 160 g/mol. The first kappa shape index (κ1) is 8.25. The summed E-state index contributed by atoms with van der Waals surface area (Å²) in [7, 11) is 0. The van der Waals surface area contributed by atoms with E-state index in [1.807, 2.05) is 0 Å². The molecule has 0 aromatic heterocycles. The number of rotatable bonds is 1. The van der Waals surface area contributed by atoms with Gasteiger partial charge >= 0.3 is 0 Å². The molecule has 3 rings (SSSR count). The molecular formula is C11H20N2. The molecule has 2 nitrogen and oxygen atoms in total. The van der Waals surface area contributed by atoms with Crippen molar-refractivity contribution in [2.24, 2.45) is 11.8 Å². The summed E-state index contributed by atoms with van der Waals surface area (Å²) in [5.74, 6) is 2.27. The Morgan fingerprint density at radius 1 is 1.15 bits per heavy atom. The third-order valence-corrected chi connectivity index (χ3v) is 4.14. The number of piperazine rings is 1. The second kappa shape index (κ2) is 2.96. The maximum atomic E-state index is 3.52. The molecule has 3 unspecified atom stereocenters. The lowest BCUT2D eigenvalue weighted by Gasteiger charge is -2.36. The van der Waals surface area contributed by atoms with Crippen molar-refractivity contribution < 1.29 is 0 Å². The highest BCUT2D eigenvalue weighted by atomic mass is 15.2. The average Bonchev–Trinajstić information content (AvgIpc) is 2.74. The summed E-state index contributed by atoms with van der Waals surface area (Å²) < 4.78 is 0. The van der Waals surface area contributed by atoms with Gasteiger partial charge in [0.2, 0.25) is 0 Å². The maximum absolute atomic E-state index is 3.52. The monoisotopic (exact) mass is 180 g/mol. The molecule has 0 radical (unpaired) electrons. The van der Waals surface area contributed by atoms with Crippen LogP contribution in [0, 0.1) is 11.8 Å². The van der Waals surface area contributed by atoms with Crippen molar-refractivity contribution in [3.05, 3.63) is 0 Å². The minimum atomic E-state index is 0.714. The van der Waals surface area contributed by atoms with E-state index in [-0.39, 0.29) is 0 Å².